The lowest BCUT2D eigenvalue weighted by Gasteiger charge is -2.11. The first-order valence-corrected chi connectivity index (χ1v) is 7.22. The average molecular weight is 267 g/mol. The Morgan fingerprint density at radius 1 is 1.39 bits per heavy atom. The van der Waals surface area contributed by atoms with E-state index in [1.54, 1.807) is 0 Å². The lowest BCUT2D eigenvalue weighted by molar-refractivity contribution is -0.119. The molecular formula is C13H21N3OS. The van der Waals surface area contributed by atoms with Crippen LogP contribution in [0.2, 0.25) is 0 Å². The molecule has 0 radical (unpaired) electrons. The molecule has 4 N–H and O–H groups in total. The molecule has 0 saturated carbocycles. The van der Waals surface area contributed by atoms with E-state index in [4.69, 9.17) is 10.9 Å². The first kappa shape index (κ1) is 15.0. The maximum absolute atomic E-state index is 11.8. The van der Waals surface area contributed by atoms with Crippen LogP contribution in [0, 0.1) is 12.8 Å². The third kappa shape index (κ3) is 4.33. The molecule has 100 valence electrons. The maximum Gasteiger partial charge on any atom is 0.269 e. The molecule has 18 heavy (non-hydrogen) atoms. The van der Waals surface area contributed by atoms with Crippen LogP contribution in [0.4, 0.5) is 0 Å². The second-order valence-electron chi connectivity index (χ2n) is 4.75. The van der Waals surface area contributed by atoms with Gasteiger partial charge in [0.15, 0.2) is 0 Å². The SMILES string of the molecule is Cc1ccccc1S(N)=NC(=O)C(N)CC(C)C. The lowest BCUT2D eigenvalue weighted by Crippen LogP contribution is -2.31. The Balaban J connectivity index is 2.84. The first-order chi connectivity index (χ1) is 8.41. The van der Waals surface area contributed by atoms with Crippen LogP contribution in [0.5, 0.6) is 0 Å². The Labute approximate surface area is 111 Å². The van der Waals surface area contributed by atoms with Crippen LogP contribution in [0.3, 0.4) is 0 Å². The molecule has 0 aliphatic heterocycles. The Morgan fingerprint density at radius 3 is 2.56 bits per heavy atom. The molecule has 0 aliphatic rings. The van der Waals surface area contributed by atoms with Gasteiger partial charge in [-0.3, -0.25) is 9.93 Å². The zero-order valence-electron chi connectivity index (χ0n) is 11.1. The van der Waals surface area contributed by atoms with E-state index in [0.29, 0.717) is 12.3 Å². The second-order valence-corrected chi connectivity index (χ2v) is 6.00. The second kappa shape index (κ2) is 6.78. The summed E-state index contributed by atoms with van der Waals surface area (Å²) in [5.41, 5.74) is 6.83. The molecular weight excluding hydrogens is 246 g/mol. The monoisotopic (exact) mass is 267 g/mol. The van der Waals surface area contributed by atoms with Gasteiger partial charge in [-0.05, 0) is 30.9 Å². The van der Waals surface area contributed by atoms with Crippen LogP contribution >= 0.6 is 0 Å². The molecule has 0 heterocycles. The van der Waals surface area contributed by atoms with E-state index in [9.17, 15) is 4.79 Å². The summed E-state index contributed by atoms with van der Waals surface area (Å²) in [6, 6.07) is 7.12. The van der Waals surface area contributed by atoms with Gasteiger partial charge in [0, 0.05) is 15.8 Å². The normalized spacial score (nSPS) is 14.8. The first-order valence-electron chi connectivity index (χ1n) is 5.97. The fourth-order valence-electron chi connectivity index (χ4n) is 1.61. The Morgan fingerprint density at radius 2 is 2.00 bits per heavy atom. The van der Waals surface area contributed by atoms with Crippen molar-refractivity contribution in [3.05, 3.63) is 29.8 Å². The molecule has 2 unspecified atom stereocenters. The minimum atomic E-state index is -0.915. The molecule has 1 rings (SSSR count). The van der Waals surface area contributed by atoms with E-state index in [1.165, 1.54) is 0 Å². The quantitative estimate of drug-likeness (QED) is 0.874. The molecule has 2 atom stereocenters. The number of nitrogens with zero attached hydrogens (tertiary/aromatic N) is 1. The van der Waals surface area contributed by atoms with Gasteiger partial charge < -0.3 is 5.73 Å². The number of carbonyl (C=O) groups excluding carboxylic acids is 1. The van der Waals surface area contributed by atoms with Crippen molar-refractivity contribution in [1.29, 1.82) is 0 Å². The summed E-state index contributed by atoms with van der Waals surface area (Å²) in [5.74, 6) is 0.0648. The van der Waals surface area contributed by atoms with Gasteiger partial charge in [-0.25, -0.2) is 0 Å². The van der Waals surface area contributed by atoms with Crippen molar-refractivity contribution in [3.8, 4) is 0 Å². The number of rotatable bonds is 4. The van der Waals surface area contributed by atoms with Crippen molar-refractivity contribution >= 4 is 16.8 Å². The van der Waals surface area contributed by atoms with Gasteiger partial charge >= 0.3 is 0 Å². The van der Waals surface area contributed by atoms with E-state index in [1.807, 2.05) is 45.0 Å². The number of hydrogen-bond acceptors (Lipinski definition) is 2. The predicted octanol–water partition coefficient (Wildman–Crippen LogP) is 1.93. The van der Waals surface area contributed by atoms with Crippen LogP contribution in [0.25, 0.3) is 0 Å². The summed E-state index contributed by atoms with van der Waals surface area (Å²) >= 11 is 0. The summed E-state index contributed by atoms with van der Waals surface area (Å²) in [6.07, 6.45) is 0.632. The lowest BCUT2D eigenvalue weighted by atomic mass is 10.0. The third-order valence-electron chi connectivity index (χ3n) is 2.55. The summed E-state index contributed by atoms with van der Waals surface area (Å²) in [5, 5.41) is 5.95. The molecule has 0 bridgehead atoms. The molecule has 1 aromatic carbocycles. The summed E-state index contributed by atoms with van der Waals surface area (Å²) in [4.78, 5) is 12.7. The third-order valence-corrected chi connectivity index (χ3v) is 3.84. The molecule has 0 aliphatic carbocycles. The van der Waals surface area contributed by atoms with Crippen molar-refractivity contribution in [3.63, 3.8) is 0 Å². The number of carbonyl (C=O) groups is 1. The minimum Gasteiger partial charge on any atom is -0.320 e. The van der Waals surface area contributed by atoms with Gasteiger partial charge in [-0.1, -0.05) is 32.0 Å². The summed E-state index contributed by atoms with van der Waals surface area (Å²) in [7, 11) is -0.915. The molecule has 1 amide bonds. The maximum atomic E-state index is 11.8. The molecule has 0 spiro atoms. The minimum absolute atomic E-state index is 0.308. The predicted molar refractivity (Wildman–Crippen MR) is 75.9 cm³/mol. The van der Waals surface area contributed by atoms with Crippen LogP contribution in [0.15, 0.2) is 33.5 Å². The van der Waals surface area contributed by atoms with E-state index in [0.717, 1.165) is 10.5 Å². The number of amides is 1. The highest BCUT2D eigenvalue weighted by Crippen LogP contribution is 2.12. The standard InChI is InChI=1S/C13H21N3OS/c1-9(2)8-11(14)13(17)16-18(15)12-7-5-4-6-10(12)3/h4-7,9,11H,8,14H2,1-3H3,(H2,15,16,17). The smallest absolute Gasteiger partial charge is 0.269 e. The van der Waals surface area contributed by atoms with Crippen molar-refractivity contribution in [2.75, 3.05) is 0 Å². The van der Waals surface area contributed by atoms with Crippen molar-refractivity contribution in [2.24, 2.45) is 21.2 Å². The van der Waals surface area contributed by atoms with E-state index < -0.39 is 16.9 Å². The molecule has 5 heteroatoms. The number of hydrogen-bond donors (Lipinski definition) is 2. The fourth-order valence-corrected chi connectivity index (χ4v) is 2.66. The average Bonchev–Trinajstić information content (AvgIpc) is 2.28. The van der Waals surface area contributed by atoms with Crippen molar-refractivity contribution < 1.29 is 4.79 Å². The highest BCUT2D eigenvalue weighted by Gasteiger charge is 2.15. The largest absolute Gasteiger partial charge is 0.320 e. The van der Waals surface area contributed by atoms with Gasteiger partial charge in [0.2, 0.25) is 0 Å². The molecule has 0 fully saturated rings. The fraction of sp³-hybridized carbons (Fsp3) is 0.462. The van der Waals surface area contributed by atoms with Gasteiger partial charge in [0.1, 0.15) is 0 Å². The van der Waals surface area contributed by atoms with Gasteiger partial charge in [0.05, 0.1) is 6.04 Å². The van der Waals surface area contributed by atoms with Crippen LogP contribution in [0.1, 0.15) is 25.8 Å². The zero-order valence-corrected chi connectivity index (χ0v) is 11.9. The molecule has 0 saturated heterocycles. The van der Waals surface area contributed by atoms with Crippen molar-refractivity contribution in [1.82, 2.24) is 0 Å². The summed E-state index contributed by atoms with van der Waals surface area (Å²) in [6.45, 7) is 6.00. The molecule has 1 aromatic rings. The van der Waals surface area contributed by atoms with E-state index in [-0.39, 0.29) is 5.91 Å². The van der Waals surface area contributed by atoms with Crippen LogP contribution in [-0.2, 0) is 15.7 Å². The molecule has 0 aromatic heterocycles. The Bertz CT molecular complexity index is 457. The number of nitrogens with two attached hydrogens (primary N) is 2. The summed E-state index contributed by atoms with van der Waals surface area (Å²) < 4.78 is 4.00. The van der Waals surface area contributed by atoms with E-state index >= 15 is 0 Å². The number of benzene rings is 1. The van der Waals surface area contributed by atoms with Gasteiger partial charge in [-0.2, -0.15) is 4.36 Å². The van der Waals surface area contributed by atoms with Gasteiger partial charge in [0.25, 0.3) is 5.91 Å². The Kier molecular flexibility index (Phi) is 5.65. The van der Waals surface area contributed by atoms with Crippen LogP contribution in [-0.4, -0.2) is 11.9 Å². The topological polar surface area (TPSA) is 81.5 Å². The Hall–Kier alpha value is -1.04. The zero-order chi connectivity index (χ0) is 13.7. The number of aryl methyl sites for hydroxylation is 1. The van der Waals surface area contributed by atoms with Crippen molar-refractivity contribution in [2.45, 2.75) is 38.1 Å². The highest BCUT2D eigenvalue weighted by molar-refractivity contribution is 7.85. The van der Waals surface area contributed by atoms with Crippen LogP contribution < -0.4 is 10.9 Å². The molecule has 4 nitrogen and oxygen atoms in total. The van der Waals surface area contributed by atoms with E-state index in [2.05, 4.69) is 4.36 Å². The highest BCUT2D eigenvalue weighted by atomic mass is 32.2. The van der Waals surface area contributed by atoms with Gasteiger partial charge in [-0.15, -0.1) is 0 Å².